The first kappa shape index (κ1) is 35.0. The molecule has 17 nitrogen and oxygen atoms in total. The molecular formula is C28H40N7O10P. The van der Waals surface area contributed by atoms with Gasteiger partial charge in [0.15, 0.2) is 17.7 Å². The Morgan fingerprint density at radius 2 is 1.93 bits per heavy atom. The molecule has 1 fully saturated rings. The van der Waals surface area contributed by atoms with Crippen LogP contribution >= 0.6 is 7.75 Å². The molecule has 0 amide bonds. The zero-order chi connectivity index (χ0) is 33.8. The van der Waals surface area contributed by atoms with Crippen LogP contribution in [0.15, 0.2) is 30.6 Å². The number of nitrogens with one attached hydrogen (secondary N) is 1. The standard InChI is InChI=1S/C28H40N7O10P/c1-6-41-20(36)12-11-17-9-7-8-10-18(17)45-46(40,34-16(4)25(38)43-15(2)3)42-13-19-22(37)28(5,39)26(44-19)35-14-31-21-23(29)32-27(30)33-24(21)35/h7-10,14-16,19,22,26,37,39H,6,11-13H2,1-5H3,(H,34,40)(H4,29,30,32,33)/t16-,19+,22-,26+,28+,46-/m0/s1. The summed E-state index contributed by atoms with van der Waals surface area (Å²) in [4.78, 5) is 36.8. The molecule has 1 aromatic carbocycles. The predicted molar refractivity (Wildman–Crippen MR) is 164 cm³/mol. The summed E-state index contributed by atoms with van der Waals surface area (Å²) in [6.07, 6.45) is -3.00. The lowest BCUT2D eigenvalue weighted by Crippen LogP contribution is -2.44. The summed E-state index contributed by atoms with van der Waals surface area (Å²) in [5.74, 6) is -1.15. The summed E-state index contributed by atoms with van der Waals surface area (Å²) in [6, 6.07) is 5.40. The molecule has 3 heterocycles. The largest absolute Gasteiger partial charge is 0.466 e. The number of imidazole rings is 1. The van der Waals surface area contributed by atoms with Crippen molar-refractivity contribution in [2.45, 2.75) is 83.6 Å². The van der Waals surface area contributed by atoms with E-state index in [9.17, 15) is 24.4 Å². The van der Waals surface area contributed by atoms with Gasteiger partial charge in [0.05, 0.1) is 25.6 Å². The number of aryl methyl sites for hydroxylation is 1. The quantitative estimate of drug-likeness (QED) is 0.121. The average molecular weight is 666 g/mol. The third-order valence-electron chi connectivity index (χ3n) is 7.03. The van der Waals surface area contributed by atoms with Crippen LogP contribution in [0.4, 0.5) is 11.8 Å². The van der Waals surface area contributed by atoms with E-state index in [1.807, 2.05) is 0 Å². The topological polar surface area (TPSA) is 245 Å². The minimum absolute atomic E-state index is 0.0103. The van der Waals surface area contributed by atoms with E-state index in [0.717, 1.165) is 0 Å². The Morgan fingerprint density at radius 3 is 2.63 bits per heavy atom. The van der Waals surface area contributed by atoms with Crippen LogP contribution in [-0.2, 0) is 39.3 Å². The van der Waals surface area contributed by atoms with E-state index < -0.39 is 62.5 Å². The molecule has 46 heavy (non-hydrogen) atoms. The number of anilines is 2. The van der Waals surface area contributed by atoms with E-state index in [2.05, 4.69) is 20.0 Å². The van der Waals surface area contributed by atoms with Crippen LogP contribution in [0.2, 0.25) is 0 Å². The molecule has 1 aliphatic heterocycles. The van der Waals surface area contributed by atoms with Gasteiger partial charge in [0.1, 0.15) is 35.1 Å². The van der Waals surface area contributed by atoms with Crippen molar-refractivity contribution in [1.29, 1.82) is 0 Å². The number of rotatable bonds is 14. The molecule has 18 heteroatoms. The van der Waals surface area contributed by atoms with Crippen molar-refractivity contribution in [1.82, 2.24) is 24.6 Å². The Morgan fingerprint density at radius 1 is 1.22 bits per heavy atom. The highest BCUT2D eigenvalue weighted by atomic mass is 31.2. The number of para-hydroxylation sites is 1. The van der Waals surface area contributed by atoms with Crippen LogP contribution < -0.4 is 21.1 Å². The third kappa shape index (κ3) is 7.92. The van der Waals surface area contributed by atoms with Crippen LogP contribution in [0, 0.1) is 0 Å². The first-order valence-electron chi connectivity index (χ1n) is 14.6. The summed E-state index contributed by atoms with van der Waals surface area (Å²) in [5, 5.41) is 25.0. The number of ether oxygens (including phenoxy) is 3. The lowest BCUT2D eigenvalue weighted by Gasteiger charge is -2.27. The maximum Gasteiger partial charge on any atom is 0.459 e. The Hall–Kier alpha value is -3.86. The van der Waals surface area contributed by atoms with E-state index in [-0.39, 0.29) is 48.1 Å². The number of carbonyl (C=O) groups is 2. The molecule has 0 aliphatic carbocycles. The molecule has 0 radical (unpaired) electrons. The van der Waals surface area contributed by atoms with Crippen molar-refractivity contribution in [3.63, 3.8) is 0 Å². The number of aromatic nitrogens is 4. The van der Waals surface area contributed by atoms with Crippen molar-refractivity contribution in [3.8, 4) is 5.75 Å². The van der Waals surface area contributed by atoms with Crippen LogP contribution in [0.3, 0.4) is 0 Å². The Bertz CT molecular complexity index is 1600. The fourth-order valence-corrected chi connectivity index (χ4v) is 6.33. The fraction of sp³-hybridized carbons (Fsp3) is 0.536. The molecule has 4 rings (SSSR count). The monoisotopic (exact) mass is 665 g/mol. The van der Waals surface area contributed by atoms with E-state index in [1.165, 1.54) is 30.8 Å². The lowest BCUT2D eigenvalue weighted by molar-refractivity contribution is -0.149. The highest BCUT2D eigenvalue weighted by Gasteiger charge is 2.54. The summed E-state index contributed by atoms with van der Waals surface area (Å²) in [5.41, 5.74) is 10.6. The minimum atomic E-state index is -4.45. The molecule has 252 valence electrons. The summed E-state index contributed by atoms with van der Waals surface area (Å²) < 4.78 is 43.4. The normalized spacial score (nSPS) is 23.3. The van der Waals surface area contributed by atoms with Crippen LogP contribution in [-0.4, -0.2) is 84.8 Å². The van der Waals surface area contributed by atoms with Gasteiger partial charge >= 0.3 is 19.7 Å². The molecule has 0 bridgehead atoms. The van der Waals surface area contributed by atoms with Crippen molar-refractivity contribution in [2.24, 2.45) is 0 Å². The Labute approximate surface area is 265 Å². The number of benzene rings is 1. The molecule has 6 atom stereocenters. The number of nitrogens with two attached hydrogens (primary N) is 2. The number of aliphatic hydroxyl groups excluding tert-OH is 1. The van der Waals surface area contributed by atoms with E-state index in [4.69, 9.17) is 34.7 Å². The van der Waals surface area contributed by atoms with E-state index >= 15 is 0 Å². The lowest BCUT2D eigenvalue weighted by atomic mass is 9.96. The van der Waals surface area contributed by atoms with Crippen LogP contribution in [0.25, 0.3) is 11.2 Å². The van der Waals surface area contributed by atoms with Gasteiger partial charge in [-0.15, -0.1) is 0 Å². The van der Waals surface area contributed by atoms with Crippen molar-refractivity contribution < 1.29 is 47.6 Å². The zero-order valence-electron chi connectivity index (χ0n) is 26.2. The molecule has 0 saturated carbocycles. The first-order chi connectivity index (χ1) is 21.6. The maximum atomic E-state index is 14.2. The molecule has 7 N–H and O–H groups in total. The van der Waals surface area contributed by atoms with Gasteiger partial charge in [0.25, 0.3) is 0 Å². The Balaban J connectivity index is 1.58. The number of esters is 2. The number of hydrogen-bond acceptors (Lipinski definition) is 15. The molecule has 0 spiro atoms. The number of carbonyl (C=O) groups excluding carboxylic acids is 2. The van der Waals surface area contributed by atoms with Gasteiger partial charge in [0.2, 0.25) is 5.95 Å². The summed E-state index contributed by atoms with van der Waals surface area (Å²) in [6.45, 7) is 7.43. The molecule has 1 aliphatic rings. The molecule has 3 aromatic rings. The number of nitrogen functional groups attached to an aromatic ring is 2. The highest BCUT2D eigenvalue weighted by molar-refractivity contribution is 7.52. The Kier molecular flexibility index (Phi) is 10.9. The number of aliphatic hydroxyl groups is 2. The van der Waals surface area contributed by atoms with Gasteiger partial charge in [0, 0.05) is 6.42 Å². The van der Waals surface area contributed by atoms with Crippen LogP contribution in [0.1, 0.15) is 52.8 Å². The smallest absolute Gasteiger partial charge is 0.459 e. The third-order valence-corrected chi connectivity index (χ3v) is 8.66. The van der Waals surface area contributed by atoms with Crippen LogP contribution in [0.5, 0.6) is 5.75 Å². The second-order valence-electron chi connectivity index (χ2n) is 11.1. The predicted octanol–water partition coefficient (Wildman–Crippen LogP) is 1.63. The number of nitrogens with zero attached hydrogens (tertiary/aromatic N) is 4. The second-order valence-corrected chi connectivity index (χ2v) is 12.8. The van der Waals surface area contributed by atoms with E-state index in [0.29, 0.717) is 5.56 Å². The van der Waals surface area contributed by atoms with Gasteiger partial charge in [-0.05, 0) is 52.7 Å². The van der Waals surface area contributed by atoms with E-state index in [1.54, 1.807) is 39.0 Å². The second kappa shape index (κ2) is 14.3. The summed E-state index contributed by atoms with van der Waals surface area (Å²) >= 11 is 0. The van der Waals surface area contributed by atoms with Crippen molar-refractivity contribution in [2.75, 3.05) is 24.7 Å². The number of fused-ring (bicyclic) bond motifs is 1. The van der Waals surface area contributed by atoms with Gasteiger partial charge in [-0.3, -0.25) is 18.7 Å². The van der Waals surface area contributed by atoms with Gasteiger partial charge in [-0.2, -0.15) is 15.1 Å². The van der Waals surface area contributed by atoms with Gasteiger partial charge in [-0.25, -0.2) is 9.55 Å². The zero-order valence-corrected chi connectivity index (χ0v) is 27.0. The molecule has 2 aromatic heterocycles. The minimum Gasteiger partial charge on any atom is -0.466 e. The SMILES string of the molecule is CCOC(=O)CCc1ccccc1O[P@](=O)(N[C@@H](C)C(=O)OC(C)C)OC[C@H]1O[C@@H](n2cnc3c(N)nc(N)nc32)[C@](C)(O)[C@H]1O. The van der Waals surface area contributed by atoms with Crippen molar-refractivity contribution in [3.05, 3.63) is 36.2 Å². The average Bonchev–Trinajstić information content (AvgIpc) is 3.48. The molecule has 1 saturated heterocycles. The molecule has 0 unspecified atom stereocenters. The van der Waals surface area contributed by atoms with Gasteiger partial charge < -0.3 is 40.4 Å². The molecular weight excluding hydrogens is 625 g/mol. The van der Waals surface area contributed by atoms with Gasteiger partial charge in [-0.1, -0.05) is 18.2 Å². The maximum absolute atomic E-state index is 14.2. The highest BCUT2D eigenvalue weighted by Crippen LogP contribution is 2.48. The van der Waals surface area contributed by atoms with Crippen molar-refractivity contribution >= 4 is 42.6 Å². The number of hydrogen-bond donors (Lipinski definition) is 5. The summed E-state index contributed by atoms with van der Waals surface area (Å²) in [7, 11) is -4.45. The first-order valence-corrected chi connectivity index (χ1v) is 16.2. The fourth-order valence-electron chi connectivity index (χ4n) is 4.79.